The predicted octanol–water partition coefficient (Wildman–Crippen LogP) is 2.16. The summed E-state index contributed by atoms with van der Waals surface area (Å²) in [5.74, 6) is 0.997. The highest BCUT2D eigenvalue weighted by molar-refractivity contribution is 7.90. The highest BCUT2D eigenvalue weighted by Crippen LogP contribution is 2.37. The van der Waals surface area contributed by atoms with Crippen LogP contribution in [0.15, 0.2) is 25.0 Å². The molecule has 1 saturated heterocycles. The maximum absolute atomic E-state index is 11.5. The van der Waals surface area contributed by atoms with E-state index in [9.17, 15) is 13.5 Å². The Hall–Kier alpha value is -1.70. The first-order chi connectivity index (χ1) is 11.7. The van der Waals surface area contributed by atoms with E-state index in [1.807, 2.05) is 6.92 Å². The minimum absolute atomic E-state index is 0.0630. The van der Waals surface area contributed by atoms with Gasteiger partial charge in [0.1, 0.15) is 20.8 Å². The fourth-order valence-corrected chi connectivity index (χ4v) is 4.56. The molecule has 2 aromatic heterocycles. The first kappa shape index (κ1) is 18.1. The fraction of sp³-hybridized carbons (Fsp3) is 0.412. The number of aliphatic hydroxyl groups excluding tert-OH is 1. The van der Waals surface area contributed by atoms with Gasteiger partial charge in [-0.25, -0.2) is 18.4 Å². The number of fused-ring (bicyclic) bond motifs is 1. The summed E-state index contributed by atoms with van der Waals surface area (Å²) in [4.78, 5) is 10.7. The van der Waals surface area contributed by atoms with Crippen LogP contribution < -0.4 is 4.90 Å². The van der Waals surface area contributed by atoms with Gasteiger partial charge in [-0.1, -0.05) is 18.2 Å². The van der Waals surface area contributed by atoms with Crippen molar-refractivity contribution < 1.29 is 13.5 Å². The van der Waals surface area contributed by atoms with Crippen LogP contribution >= 0.6 is 11.6 Å². The minimum atomic E-state index is -3.01. The van der Waals surface area contributed by atoms with Gasteiger partial charge in [0.25, 0.3) is 0 Å². The van der Waals surface area contributed by atoms with Crippen molar-refractivity contribution in [3.8, 4) is 0 Å². The lowest BCUT2D eigenvalue weighted by molar-refractivity contribution is 0.339. The summed E-state index contributed by atoms with van der Waals surface area (Å²) in [7, 11) is -3.01. The Bertz CT molecular complexity index is 946. The van der Waals surface area contributed by atoms with E-state index in [0.717, 1.165) is 22.2 Å². The first-order valence-corrected chi connectivity index (χ1v) is 10.3. The number of nitrogens with zero attached hydrogens (tertiary/aromatic N) is 3. The minimum Gasteiger partial charge on any atom is -0.392 e. The zero-order valence-electron chi connectivity index (χ0n) is 14.1. The molecule has 0 radical (unpaired) electrons. The van der Waals surface area contributed by atoms with E-state index >= 15 is 0 Å². The van der Waals surface area contributed by atoms with Gasteiger partial charge < -0.3 is 10.0 Å². The molecule has 1 fully saturated rings. The Balaban J connectivity index is 2.00. The van der Waals surface area contributed by atoms with Crippen molar-refractivity contribution in [3.05, 3.63) is 35.8 Å². The first-order valence-electron chi connectivity index (χ1n) is 7.89. The highest BCUT2D eigenvalue weighted by atomic mass is 35.5. The van der Waals surface area contributed by atoms with Crippen molar-refractivity contribution in [2.75, 3.05) is 30.1 Å². The quantitative estimate of drug-likeness (QED) is 0.799. The molecule has 0 aliphatic carbocycles. The average Bonchev–Trinajstić information content (AvgIpc) is 2.55. The lowest BCUT2D eigenvalue weighted by Gasteiger charge is -2.47. The van der Waals surface area contributed by atoms with Gasteiger partial charge >= 0.3 is 0 Å². The number of halogens is 1. The van der Waals surface area contributed by atoms with E-state index < -0.39 is 9.84 Å². The zero-order valence-corrected chi connectivity index (χ0v) is 15.7. The van der Waals surface area contributed by atoms with Gasteiger partial charge in [-0.15, -0.1) is 0 Å². The molecule has 134 valence electrons. The number of hydrogen-bond donors (Lipinski definition) is 1. The summed E-state index contributed by atoms with van der Waals surface area (Å²) in [6, 6.07) is 1.80. The van der Waals surface area contributed by atoms with Crippen LogP contribution in [0.1, 0.15) is 12.5 Å². The number of hydrogen-bond acceptors (Lipinski definition) is 6. The molecule has 2 aromatic rings. The summed E-state index contributed by atoms with van der Waals surface area (Å²) < 4.78 is 23.1. The van der Waals surface area contributed by atoms with Crippen LogP contribution in [0.5, 0.6) is 0 Å². The molecule has 2 atom stereocenters. The Morgan fingerprint density at radius 1 is 1.40 bits per heavy atom. The fourth-order valence-electron chi connectivity index (χ4n) is 3.24. The van der Waals surface area contributed by atoms with Crippen LogP contribution in [0.2, 0.25) is 5.15 Å². The van der Waals surface area contributed by atoms with E-state index in [4.69, 9.17) is 11.6 Å². The van der Waals surface area contributed by atoms with Crippen LogP contribution in [0.3, 0.4) is 0 Å². The largest absolute Gasteiger partial charge is 0.392 e. The Morgan fingerprint density at radius 3 is 2.72 bits per heavy atom. The summed E-state index contributed by atoms with van der Waals surface area (Å²) >= 11 is 6.04. The van der Waals surface area contributed by atoms with Gasteiger partial charge in [-0.05, 0) is 23.9 Å². The molecule has 0 unspecified atom stereocenters. The molecule has 8 heteroatoms. The Kier molecular flexibility index (Phi) is 4.74. The maximum atomic E-state index is 11.5. The van der Waals surface area contributed by atoms with Crippen molar-refractivity contribution in [1.29, 1.82) is 0 Å². The molecule has 0 spiro atoms. The standard InChI is InChI=1S/C17H20ClN3O3S/c1-10(8-22)14-5-20-17(15-6-19-16(18)4-13(14)15)21-7-12(11(21)2)9-25(3,23)24/h4-6,11-12,22H,1,7-9H2,2-3H3/t11-,12-/m1/s1. The van der Waals surface area contributed by atoms with Crippen molar-refractivity contribution in [1.82, 2.24) is 9.97 Å². The van der Waals surface area contributed by atoms with Gasteiger partial charge in [0, 0.05) is 48.1 Å². The number of aliphatic hydroxyl groups is 1. The van der Waals surface area contributed by atoms with Crippen molar-refractivity contribution in [3.63, 3.8) is 0 Å². The van der Waals surface area contributed by atoms with E-state index in [-0.39, 0.29) is 24.3 Å². The van der Waals surface area contributed by atoms with Gasteiger partial charge in [-0.2, -0.15) is 0 Å². The SMILES string of the molecule is C=C(CO)c1cnc(N2C[C@H](CS(C)(=O)=O)[C@H]2C)c2cnc(Cl)cc12. The van der Waals surface area contributed by atoms with E-state index in [1.165, 1.54) is 6.26 Å². The second-order valence-electron chi connectivity index (χ2n) is 6.56. The third-order valence-corrected chi connectivity index (χ3v) is 5.92. The highest BCUT2D eigenvalue weighted by Gasteiger charge is 2.39. The number of aromatic nitrogens is 2. The summed E-state index contributed by atoms with van der Waals surface area (Å²) in [5.41, 5.74) is 1.28. The van der Waals surface area contributed by atoms with Crippen molar-refractivity contribution in [2.24, 2.45) is 5.92 Å². The average molecular weight is 382 g/mol. The van der Waals surface area contributed by atoms with E-state index in [1.54, 1.807) is 18.5 Å². The van der Waals surface area contributed by atoms with Crippen molar-refractivity contribution in [2.45, 2.75) is 13.0 Å². The van der Waals surface area contributed by atoms with Crippen molar-refractivity contribution >= 4 is 43.6 Å². The molecule has 6 nitrogen and oxygen atoms in total. The second kappa shape index (κ2) is 6.55. The number of rotatable bonds is 5. The molecule has 1 N–H and O–H groups in total. The molecule has 0 aromatic carbocycles. The van der Waals surface area contributed by atoms with Crippen LogP contribution in [0, 0.1) is 5.92 Å². The third-order valence-electron chi connectivity index (χ3n) is 4.68. The molecule has 1 aliphatic rings. The summed E-state index contributed by atoms with van der Waals surface area (Å²) in [6.45, 7) is 6.31. The number of pyridine rings is 2. The summed E-state index contributed by atoms with van der Waals surface area (Å²) in [5, 5.41) is 11.4. The Labute approximate surface area is 152 Å². The summed E-state index contributed by atoms with van der Waals surface area (Å²) in [6.07, 6.45) is 4.59. The molecule has 0 saturated carbocycles. The molecule has 3 heterocycles. The van der Waals surface area contributed by atoms with Crippen LogP contribution in [-0.2, 0) is 9.84 Å². The Morgan fingerprint density at radius 2 is 2.12 bits per heavy atom. The van der Waals surface area contributed by atoms with E-state index in [2.05, 4.69) is 21.4 Å². The van der Waals surface area contributed by atoms with Gasteiger partial charge in [-0.3, -0.25) is 0 Å². The molecule has 1 aliphatic heterocycles. The maximum Gasteiger partial charge on any atom is 0.147 e. The second-order valence-corrected chi connectivity index (χ2v) is 9.13. The van der Waals surface area contributed by atoms with Gasteiger partial charge in [0.05, 0.1) is 12.4 Å². The monoisotopic (exact) mass is 381 g/mol. The molecular weight excluding hydrogens is 362 g/mol. The van der Waals surface area contributed by atoms with Crippen LogP contribution in [-0.4, -0.2) is 54.7 Å². The lowest BCUT2D eigenvalue weighted by atomic mass is 9.91. The molecule has 0 amide bonds. The smallest absolute Gasteiger partial charge is 0.147 e. The molecule has 25 heavy (non-hydrogen) atoms. The molecule has 3 rings (SSSR count). The number of sulfone groups is 1. The number of anilines is 1. The van der Waals surface area contributed by atoms with E-state index in [0.29, 0.717) is 17.3 Å². The van der Waals surface area contributed by atoms with Crippen LogP contribution in [0.4, 0.5) is 5.82 Å². The molecular formula is C17H20ClN3O3S. The topological polar surface area (TPSA) is 83.4 Å². The predicted molar refractivity (Wildman–Crippen MR) is 101 cm³/mol. The lowest BCUT2D eigenvalue weighted by Crippen LogP contribution is -2.57. The zero-order chi connectivity index (χ0) is 18.4. The van der Waals surface area contributed by atoms with Gasteiger partial charge in [0.2, 0.25) is 0 Å². The third kappa shape index (κ3) is 3.49. The normalized spacial score (nSPS) is 20.6. The molecule has 0 bridgehead atoms. The van der Waals surface area contributed by atoms with Crippen LogP contribution in [0.25, 0.3) is 16.3 Å². The van der Waals surface area contributed by atoms with Gasteiger partial charge in [0.15, 0.2) is 0 Å².